The largest absolute Gasteiger partial charge is 0.341 e. The van der Waals surface area contributed by atoms with E-state index < -0.39 is 0 Å². The molecule has 0 bridgehead atoms. The van der Waals surface area contributed by atoms with Crippen molar-refractivity contribution in [2.24, 2.45) is 11.3 Å². The number of hydrogen-bond acceptors (Lipinski definition) is 2. The molecule has 0 aromatic heterocycles. The first-order valence-corrected chi connectivity index (χ1v) is 8.57. The number of benzene rings is 1. The molecule has 4 nitrogen and oxygen atoms in total. The van der Waals surface area contributed by atoms with Crippen molar-refractivity contribution in [2.75, 3.05) is 26.2 Å². The van der Waals surface area contributed by atoms with Gasteiger partial charge in [0.05, 0.1) is 5.41 Å². The molecule has 2 amide bonds. The van der Waals surface area contributed by atoms with E-state index in [4.69, 9.17) is 0 Å². The second-order valence-corrected chi connectivity index (χ2v) is 7.52. The Morgan fingerprint density at radius 1 is 1.17 bits per heavy atom. The summed E-state index contributed by atoms with van der Waals surface area (Å²) in [5, 5.41) is 0. The maximum absolute atomic E-state index is 12.6. The molecule has 2 fully saturated rings. The van der Waals surface area contributed by atoms with Crippen molar-refractivity contribution >= 4 is 11.8 Å². The van der Waals surface area contributed by atoms with Crippen molar-refractivity contribution < 1.29 is 9.59 Å². The summed E-state index contributed by atoms with van der Waals surface area (Å²) >= 11 is 0. The zero-order valence-electron chi connectivity index (χ0n) is 14.3. The first-order chi connectivity index (χ1) is 10.9. The normalized spacial score (nSPS) is 20.1. The van der Waals surface area contributed by atoms with Crippen LogP contribution < -0.4 is 0 Å². The van der Waals surface area contributed by atoms with Crippen LogP contribution >= 0.6 is 0 Å². The van der Waals surface area contributed by atoms with Crippen LogP contribution in [0.5, 0.6) is 0 Å². The topological polar surface area (TPSA) is 40.6 Å². The molecular weight excluding hydrogens is 288 g/mol. The van der Waals surface area contributed by atoms with Crippen LogP contribution in [0.1, 0.15) is 42.6 Å². The van der Waals surface area contributed by atoms with Crippen molar-refractivity contribution in [3.05, 3.63) is 35.4 Å². The van der Waals surface area contributed by atoms with Gasteiger partial charge in [0, 0.05) is 31.7 Å². The van der Waals surface area contributed by atoms with Crippen LogP contribution in [-0.2, 0) is 4.79 Å². The summed E-state index contributed by atoms with van der Waals surface area (Å²) < 4.78 is 0. The Labute approximate surface area is 138 Å². The molecule has 0 unspecified atom stereocenters. The molecule has 1 aromatic carbocycles. The molecule has 2 heterocycles. The number of nitrogens with zero attached hydrogens (tertiary/aromatic N) is 2. The van der Waals surface area contributed by atoms with Crippen LogP contribution in [0.15, 0.2) is 24.3 Å². The summed E-state index contributed by atoms with van der Waals surface area (Å²) in [4.78, 5) is 28.9. The standard InChI is InChI=1S/C19H26N2O2/c1-14(2)12-21-13-19(18(21)23)8-10-20(11-9-19)17(22)16-6-4-15(3)5-7-16/h4-7,14H,8-13H2,1-3H3. The third-order valence-corrected chi connectivity index (χ3v) is 5.13. The molecule has 0 atom stereocenters. The Bertz CT molecular complexity index is 598. The number of likely N-dealkylation sites (tertiary alicyclic amines) is 2. The highest BCUT2D eigenvalue weighted by atomic mass is 16.2. The highest BCUT2D eigenvalue weighted by molar-refractivity contribution is 5.95. The van der Waals surface area contributed by atoms with Gasteiger partial charge in [0.1, 0.15) is 0 Å². The van der Waals surface area contributed by atoms with Crippen LogP contribution in [0.4, 0.5) is 0 Å². The Morgan fingerprint density at radius 3 is 2.30 bits per heavy atom. The third-order valence-electron chi connectivity index (χ3n) is 5.13. The lowest BCUT2D eigenvalue weighted by molar-refractivity contribution is -0.165. The number of β-lactam (4-membered cyclic amide) rings is 1. The molecule has 2 aliphatic heterocycles. The molecule has 23 heavy (non-hydrogen) atoms. The zero-order chi connectivity index (χ0) is 16.6. The average Bonchev–Trinajstić information content (AvgIpc) is 2.54. The lowest BCUT2D eigenvalue weighted by Crippen LogP contribution is -2.65. The van der Waals surface area contributed by atoms with E-state index in [2.05, 4.69) is 13.8 Å². The minimum atomic E-state index is -0.182. The van der Waals surface area contributed by atoms with Crippen molar-refractivity contribution in [1.82, 2.24) is 9.80 Å². The summed E-state index contributed by atoms with van der Waals surface area (Å²) in [6, 6.07) is 7.72. The van der Waals surface area contributed by atoms with Gasteiger partial charge in [-0.3, -0.25) is 9.59 Å². The van der Waals surface area contributed by atoms with Crippen molar-refractivity contribution in [1.29, 1.82) is 0 Å². The van der Waals surface area contributed by atoms with E-state index in [-0.39, 0.29) is 11.3 Å². The summed E-state index contributed by atoms with van der Waals surface area (Å²) in [5.41, 5.74) is 1.72. The van der Waals surface area contributed by atoms with Gasteiger partial charge in [0.2, 0.25) is 5.91 Å². The van der Waals surface area contributed by atoms with Crippen LogP contribution in [0.3, 0.4) is 0 Å². The zero-order valence-corrected chi connectivity index (χ0v) is 14.3. The van der Waals surface area contributed by atoms with Crippen LogP contribution in [0.25, 0.3) is 0 Å². The molecule has 0 aliphatic carbocycles. The number of amides is 2. The molecule has 124 valence electrons. The Morgan fingerprint density at radius 2 is 1.78 bits per heavy atom. The number of carbonyl (C=O) groups excluding carboxylic acids is 2. The highest BCUT2D eigenvalue weighted by Gasteiger charge is 2.53. The van der Waals surface area contributed by atoms with Gasteiger partial charge in [0.25, 0.3) is 5.91 Å². The van der Waals surface area contributed by atoms with Gasteiger partial charge in [0.15, 0.2) is 0 Å². The predicted octanol–water partition coefficient (Wildman–Crippen LogP) is 2.72. The molecule has 0 saturated carbocycles. The van der Waals surface area contributed by atoms with Crippen LogP contribution in [0, 0.1) is 18.3 Å². The quantitative estimate of drug-likeness (QED) is 0.805. The van der Waals surface area contributed by atoms with Gasteiger partial charge in [-0.2, -0.15) is 0 Å². The van der Waals surface area contributed by atoms with E-state index in [0.29, 0.717) is 24.9 Å². The van der Waals surface area contributed by atoms with E-state index in [0.717, 1.165) is 37.1 Å². The Kier molecular flexibility index (Phi) is 4.17. The molecule has 0 N–H and O–H groups in total. The summed E-state index contributed by atoms with van der Waals surface area (Å²) in [5.74, 6) is 0.902. The predicted molar refractivity (Wildman–Crippen MR) is 90.2 cm³/mol. The van der Waals surface area contributed by atoms with Gasteiger partial charge in [-0.15, -0.1) is 0 Å². The number of hydrogen-bond donors (Lipinski definition) is 0. The molecule has 0 radical (unpaired) electrons. The fraction of sp³-hybridized carbons (Fsp3) is 0.579. The van der Waals surface area contributed by atoms with E-state index in [1.54, 1.807) is 0 Å². The van der Waals surface area contributed by atoms with E-state index in [1.807, 2.05) is 41.0 Å². The van der Waals surface area contributed by atoms with Gasteiger partial charge in [-0.25, -0.2) is 0 Å². The maximum atomic E-state index is 12.6. The highest BCUT2D eigenvalue weighted by Crippen LogP contribution is 2.42. The fourth-order valence-electron chi connectivity index (χ4n) is 3.73. The van der Waals surface area contributed by atoms with Crippen LogP contribution in [-0.4, -0.2) is 47.8 Å². The number of carbonyl (C=O) groups is 2. The SMILES string of the molecule is Cc1ccc(C(=O)N2CCC3(CC2)CN(CC(C)C)C3=O)cc1. The molecule has 2 saturated heterocycles. The minimum absolute atomic E-state index is 0.0886. The second kappa shape index (κ2) is 5.99. The second-order valence-electron chi connectivity index (χ2n) is 7.52. The lowest BCUT2D eigenvalue weighted by Gasteiger charge is -2.53. The maximum Gasteiger partial charge on any atom is 0.253 e. The molecule has 1 spiro atoms. The fourth-order valence-corrected chi connectivity index (χ4v) is 3.73. The van der Waals surface area contributed by atoms with Crippen molar-refractivity contribution in [3.63, 3.8) is 0 Å². The van der Waals surface area contributed by atoms with Crippen LogP contribution in [0.2, 0.25) is 0 Å². The average molecular weight is 314 g/mol. The molecule has 3 rings (SSSR count). The van der Waals surface area contributed by atoms with Gasteiger partial charge in [-0.1, -0.05) is 31.5 Å². The number of rotatable bonds is 3. The van der Waals surface area contributed by atoms with Crippen molar-refractivity contribution in [3.8, 4) is 0 Å². The molecule has 4 heteroatoms. The summed E-state index contributed by atoms with van der Waals surface area (Å²) in [7, 11) is 0. The Balaban J connectivity index is 1.58. The van der Waals surface area contributed by atoms with E-state index in [1.165, 1.54) is 0 Å². The third kappa shape index (κ3) is 2.99. The van der Waals surface area contributed by atoms with Gasteiger partial charge >= 0.3 is 0 Å². The van der Waals surface area contributed by atoms with E-state index >= 15 is 0 Å². The first-order valence-electron chi connectivity index (χ1n) is 8.57. The summed E-state index contributed by atoms with van der Waals surface area (Å²) in [6.45, 7) is 9.40. The number of aryl methyl sites for hydroxylation is 1. The Hall–Kier alpha value is -1.84. The first kappa shape index (κ1) is 16.0. The molecule has 1 aromatic rings. The van der Waals surface area contributed by atoms with E-state index in [9.17, 15) is 9.59 Å². The monoisotopic (exact) mass is 314 g/mol. The smallest absolute Gasteiger partial charge is 0.253 e. The number of piperidine rings is 1. The summed E-state index contributed by atoms with van der Waals surface area (Å²) in [6.07, 6.45) is 1.61. The minimum Gasteiger partial charge on any atom is -0.341 e. The van der Waals surface area contributed by atoms with Gasteiger partial charge in [-0.05, 0) is 37.8 Å². The van der Waals surface area contributed by atoms with Gasteiger partial charge < -0.3 is 9.80 Å². The molecule has 2 aliphatic rings. The van der Waals surface area contributed by atoms with Crippen molar-refractivity contribution in [2.45, 2.75) is 33.6 Å². The lowest BCUT2D eigenvalue weighted by atomic mass is 9.70. The molecular formula is C19H26N2O2.